The Balaban J connectivity index is 0. The third kappa shape index (κ3) is 34.2. The van der Waals surface area contributed by atoms with Crippen molar-refractivity contribution >= 4 is 0 Å². The minimum absolute atomic E-state index is 0. The van der Waals surface area contributed by atoms with Crippen LogP contribution in [0.5, 0.6) is 0 Å². The van der Waals surface area contributed by atoms with Gasteiger partial charge in [-0.15, -0.1) is 0 Å². The average Bonchev–Trinajstić information content (AvgIpc) is 0. The van der Waals surface area contributed by atoms with Crippen molar-refractivity contribution in [1.82, 2.24) is 0 Å². The van der Waals surface area contributed by atoms with E-state index >= 15 is 0 Å². The predicted octanol–water partition coefficient (Wildman–Crippen LogP) is -12.0. The summed E-state index contributed by atoms with van der Waals surface area (Å²) in [5.74, 6) is 0. The molecule has 0 amide bonds. The molecule has 0 saturated heterocycles. The molecular formula is F4Ho2+2. The molecule has 0 atom stereocenters. The Morgan fingerprint density at radius 2 is 0.333 bits per heavy atom. The van der Waals surface area contributed by atoms with Gasteiger partial charge in [0.15, 0.2) is 0 Å². The van der Waals surface area contributed by atoms with Crippen LogP contribution in [0.2, 0.25) is 0 Å². The third-order valence-electron chi connectivity index (χ3n) is 0. The Kier molecular flexibility index (Phi) is 806. The summed E-state index contributed by atoms with van der Waals surface area (Å²) in [5.41, 5.74) is 0. The van der Waals surface area contributed by atoms with Crippen LogP contribution in [0.1, 0.15) is 0 Å². The molecule has 48 valence electrons. The van der Waals surface area contributed by atoms with E-state index in [0.29, 0.717) is 0 Å². The monoisotopic (exact) mass is 406 g/mol. The Morgan fingerprint density at radius 1 is 0.333 bits per heavy atom. The summed E-state index contributed by atoms with van der Waals surface area (Å²) in [6.45, 7) is 0. The summed E-state index contributed by atoms with van der Waals surface area (Å²) in [4.78, 5) is 0. The molecule has 6 heteroatoms. The maximum atomic E-state index is 0. The molecule has 0 radical (unpaired) electrons. The normalized spacial score (nSPS) is 0. The molecule has 0 nitrogen and oxygen atoms in total. The van der Waals surface area contributed by atoms with Crippen LogP contribution < -0.4 is 18.8 Å². The van der Waals surface area contributed by atoms with E-state index in [0.717, 1.165) is 0 Å². The first kappa shape index (κ1) is 86.1. The van der Waals surface area contributed by atoms with Crippen LogP contribution in [0.3, 0.4) is 0 Å². The minimum Gasteiger partial charge on any atom is -1.00 e. The van der Waals surface area contributed by atoms with E-state index in [-0.39, 0.29) is 94.3 Å². The van der Waals surface area contributed by atoms with Crippen molar-refractivity contribution in [3.8, 4) is 0 Å². The molecule has 0 aliphatic rings. The summed E-state index contributed by atoms with van der Waals surface area (Å²) >= 11 is 0. The standard InChI is InChI=1S/4FH.2Ho/h4*1H;;/q;;;;2*+3/p-4. The van der Waals surface area contributed by atoms with Gasteiger partial charge in [0.25, 0.3) is 0 Å². The van der Waals surface area contributed by atoms with Gasteiger partial charge >= 0.3 is 75.5 Å². The topological polar surface area (TPSA) is 0 Å². The fraction of sp³-hybridized carbons (Fsp3) is 0. The van der Waals surface area contributed by atoms with E-state index in [9.17, 15) is 0 Å². The molecule has 0 fully saturated rings. The number of rotatable bonds is 0. The largest absolute Gasteiger partial charge is 3.00 e. The predicted molar refractivity (Wildman–Crippen MR) is 0 cm³/mol. The zero-order valence-electron chi connectivity index (χ0n) is 2.11. The third-order valence-corrected chi connectivity index (χ3v) is 0. The molecule has 0 aromatic rings. The van der Waals surface area contributed by atoms with Crippen molar-refractivity contribution in [2.45, 2.75) is 0 Å². The van der Waals surface area contributed by atoms with E-state index in [1.807, 2.05) is 0 Å². The van der Waals surface area contributed by atoms with Gasteiger partial charge in [0, 0.05) is 0 Å². The molecule has 0 bridgehead atoms. The van der Waals surface area contributed by atoms with Gasteiger partial charge in [-0.05, 0) is 0 Å². The molecule has 0 aliphatic heterocycles. The van der Waals surface area contributed by atoms with Gasteiger partial charge in [-0.2, -0.15) is 0 Å². The van der Waals surface area contributed by atoms with Crippen molar-refractivity contribution < 1.29 is 94.3 Å². The molecular weight excluding hydrogens is 406 g/mol. The minimum atomic E-state index is 0. The van der Waals surface area contributed by atoms with E-state index in [2.05, 4.69) is 0 Å². The number of hydrogen-bond donors (Lipinski definition) is 0. The van der Waals surface area contributed by atoms with Crippen LogP contribution in [0, 0.1) is 75.5 Å². The molecule has 0 rings (SSSR count). The average molecular weight is 406 g/mol. The molecule has 0 heterocycles. The molecule has 0 aliphatic carbocycles. The molecule has 0 N–H and O–H groups in total. The van der Waals surface area contributed by atoms with Gasteiger partial charge in [0.05, 0.1) is 0 Å². The van der Waals surface area contributed by atoms with Gasteiger partial charge in [0.1, 0.15) is 0 Å². The molecule has 0 saturated carbocycles. The second kappa shape index (κ2) is 56.2. The van der Waals surface area contributed by atoms with Crippen molar-refractivity contribution in [1.29, 1.82) is 0 Å². The SMILES string of the molecule is [F-].[F-].[F-].[F-].[Ho+3].[Ho+3]. The van der Waals surface area contributed by atoms with Crippen LogP contribution in [0.25, 0.3) is 0 Å². The Labute approximate surface area is 92.5 Å². The van der Waals surface area contributed by atoms with Crippen molar-refractivity contribution in [2.75, 3.05) is 0 Å². The van der Waals surface area contributed by atoms with E-state index in [4.69, 9.17) is 0 Å². The maximum Gasteiger partial charge on any atom is 3.00 e. The smallest absolute Gasteiger partial charge is 1.00 e. The molecule has 0 aromatic carbocycles. The zero-order valence-corrected chi connectivity index (χ0v) is 5.98. The van der Waals surface area contributed by atoms with Crippen LogP contribution in [0.15, 0.2) is 0 Å². The first-order valence-electron chi connectivity index (χ1n) is 0. The summed E-state index contributed by atoms with van der Waals surface area (Å²) in [7, 11) is 0. The van der Waals surface area contributed by atoms with Gasteiger partial charge in [-0.25, -0.2) is 0 Å². The van der Waals surface area contributed by atoms with Crippen LogP contribution in [-0.4, -0.2) is 0 Å². The Morgan fingerprint density at radius 3 is 0.333 bits per heavy atom. The van der Waals surface area contributed by atoms with Crippen LogP contribution >= 0.6 is 0 Å². The van der Waals surface area contributed by atoms with Gasteiger partial charge in [0.2, 0.25) is 0 Å². The summed E-state index contributed by atoms with van der Waals surface area (Å²) < 4.78 is 0. The second-order valence-corrected chi connectivity index (χ2v) is 0. The first-order chi connectivity index (χ1) is 0. The van der Waals surface area contributed by atoms with Crippen molar-refractivity contribution in [2.24, 2.45) is 0 Å². The van der Waals surface area contributed by atoms with E-state index in [1.165, 1.54) is 0 Å². The van der Waals surface area contributed by atoms with Gasteiger partial charge < -0.3 is 18.8 Å². The fourth-order valence-electron chi connectivity index (χ4n) is 0. The zero-order chi connectivity index (χ0) is 0. The fourth-order valence-corrected chi connectivity index (χ4v) is 0. The van der Waals surface area contributed by atoms with E-state index in [1.54, 1.807) is 0 Å². The van der Waals surface area contributed by atoms with Crippen LogP contribution in [0.4, 0.5) is 0 Å². The summed E-state index contributed by atoms with van der Waals surface area (Å²) in [6, 6.07) is 0. The van der Waals surface area contributed by atoms with Crippen molar-refractivity contribution in [3.05, 3.63) is 0 Å². The van der Waals surface area contributed by atoms with Gasteiger partial charge in [-0.1, -0.05) is 0 Å². The maximum absolute atomic E-state index is 0. The quantitative estimate of drug-likeness (QED) is 0.277. The summed E-state index contributed by atoms with van der Waals surface area (Å²) in [5, 5.41) is 0. The number of halogens is 4. The Hall–Kier alpha value is 2.24. The van der Waals surface area contributed by atoms with Gasteiger partial charge in [-0.3, -0.25) is 0 Å². The van der Waals surface area contributed by atoms with Crippen molar-refractivity contribution in [3.63, 3.8) is 0 Å². The Bertz CT molecular complexity index is 5.51. The first-order valence-corrected chi connectivity index (χ1v) is 0. The molecule has 6 heavy (non-hydrogen) atoms. The molecule has 0 spiro atoms. The molecule has 0 aromatic heterocycles. The van der Waals surface area contributed by atoms with Crippen LogP contribution in [-0.2, 0) is 0 Å². The van der Waals surface area contributed by atoms with E-state index < -0.39 is 0 Å². The number of hydrogen-bond acceptors (Lipinski definition) is 0. The second-order valence-electron chi connectivity index (χ2n) is 0. The summed E-state index contributed by atoms with van der Waals surface area (Å²) in [6.07, 6.45) is 0. The molecule has 0 unspecified atom stereocenters.